The first kappa shape index (κ1) is 15.3. The van der Waals surface area contributed by atoms with Crippen molar-refractivity contribution in [2.75, 3.05) is 11.9 Å². The number of fused-ring (bicyclic) bond motifs is 1. The Labute approximate surface area is 130 Å². The molecule has 1 N–H and O–H groups in total. The molecule has 0 atom stereocenters. The van der Waals surface area contributed by atoms with E-state index >= 15 is 0 Å². The fraction of sp³-hybridized carbons (Fsp3) is 0.471. The molecule has 1 heterocycles. The Balaban J connectivity index is 2.77. The maximum atomic E-state index is 4.91. The molecule has 0 fully saturated rings. The summed E-state index contributed by atoms with van der Waals surface area (Å²) in [5.41, 5.74) is 6.20. The summed E-state index contributed by atoms with van der Waals surface area (Å²) in [4.78, 5) is 4.91. The number of hydrogen-bond donors (Lipinski definition) is 1. The molecule has 20 heavy (non-hydrogen) atoms. The highest BCUT2D eigenvalue weighted by molar-refractivity contribution is 9.10. The average Bonchev–Trinajstić information content (AvgIpc) is 2.45. The number of rotatable bonds is 5. The van der Waals surface area contributed by atoms with Crippen molar-refractivity contribution in [3.8, 4) is 0 Å². The molecule has 0 bridgehead atoms. The Bertz CT molecular complexity index is 620. The summed E-state index contributed by atoms with van der Waals surface area (Å²) in [6.07, 6.45) is 3.10. The van der Waals surface area contributed by atoms with E-state index in [-0.39, 0.29) is 0 Å². The smallest absolute Gasteiger partial charge is 0.0758 e. The van der Waals surface area contributed by atoms with Crippen molar-refractivity contribution in [1.29, 1.82) is 0 Å². The molecule has 1 aromatic heterocycles. The first-order valence-corrected chi connectivity index (χ1v) is 8.27. The van der Waals surface area contributed by atoms with Crippen LogP contribution in [-0.4, -0.2) is 11.5 Å². The van der Waals surface area contributed by atoms with E-state index in [0.29, 0.717) is 0 Å². The van der Waals surface area contributed by atoms with Gasteiger partial charge in [0, 0.05) is 27.8 Å². The zero-order chi connectivity index (χ0) is 14.7. The Morgan fingerprint density at radius 2 is 1.90 bits per heavy atom. The van der Waals surface area contributed by atoms with Crippen LogP contribution in [0.2, 0.25) is 0 Å². The third-order valence-corrected chi connectivity index (χ3v) is 4.20. The van der Waals surface area contributed by atoms with Gasteiger partial charge in [0.2, 0.25) is 0 Å². The molecule has 2 rings (SSSR count). The summed E-state index contributed by atoms with van der Waals surface area (Å²) in [7, 11) is 0. The minimum absolute atomic E-state index is 0.974. The molecular weight excluding hydrogens is 312 g/mol. The lowest BCUT2D eigenvalue weighted by molar-refractivity contribution is 0.969. The molecule has 1 aromatic carbocycles. The lowest BCUT2D eigenvalue weighted by atomic mass is 10.0. The van der Waals surface area contributed by atoms with Crippen LogP contribution in [0.5, 0.6) is 0 Å². The highest BCUT2D eigenvalue weighted by atomic mass is 79.9. The molecule has 0 saturated carbocycles. The third kappa shape index (κ3) is 2.83. The van der Waals surface area contributed by atoms with Gasteiger partial charge in [0.15, 0.2) is 0 Å². The van der Waals surface area contributed by atoms with E-state index in [1.54, 1.807) is 0 Å². The third-order valence-electron chi connectivity index (χ3n) is 3.75. The van der Waals surface area contributed by atoms with E-state index in [4.69, 9.17) is 4.98 Å². The summed E-state index contributed by atoms with van der Waals surface area (Å²) in [6, 6.07) is 4.37. The Morgan fingerprint density at radius 1 is 1.15 bits per heavy atom. The number of aromatic nitrogens is 1. The first-order valence-electron chi connectivity index (χ1n) is 7.47. The van der Waals surface area contributed by atoms with Crippen LogP contribution in [0.1, 0.15) is 44.0 Å². The van der Waals surface area contributed by atoms with Crippen LogP contribution < -0.4 is 5.32 Å². The van der Waals surface area contributed by atoms with Gasteiger partial charge in [-0.25, -0.2) is 0 Å². The van der Waals surface area contributed by atoms with Crippen molar-refractivity contribution in [3.63, 3.8) is 0 Å². The second-order valence-electron chi connectivity index (χ2n) is 5.15. The van der Waals surface area contributed by atoms with Crippen molar-refractivity contribution in [1.82, 2.24) is 4.98 Å². The van der Waals surface area contributed by atoms with Gasteiger partial charge in [0.05, 0.1) is 5.52 Å². The van der Waals surface area contributed by atoms with Crippen LogP contribution in [0.4, 0.5) is 5.69 Å². The van der Waals surface area contributed by atoms with Crippen molar-refractivity contribution < 1.29 is 0 Å². The van der Waals surface area contributed by atoms with Crippen LogP contribution in [-0.2, 0) is 12.8 Å². The van der Waals surface area contributed by atoms with Crippen LogP contribution in [0, 0.1) is 6.92 Å². The second-order valence-corrected chi connectivity index (χ2v) is 6.07. The molecule has 0 saturated heterocycles. The molecule has 108 valence electrons. The molecular formula is C17H23BrN2. The van der Waals surface area contributed by atoms with Gasteiger partial charge >= 0.3 is 0 Å². The quantitative estimate of drug-likeness (QED) is 0.807. The average molecular weight is 335 g/mol. The molecule has 0 aliphatic carbocycles. The van der Waals surface area contributed by atoms with Crippen LogP contribution in [0.15, 0.2) is 16.6 Å². The SMILES string of the molecule is CCCNc1c(C)c(CC)nc2c(CC)cc(Br)cc12. The highest BCUT2D eigenvalue weighted by Crippen LogP contribution is 2.33. The second kappa shape index (κ2) is 6.57. The van der Waals surface area contributed by atoms with E-state index in [2.05, 4.69) is 61.1 Å². The van der Waals surface area contributed by atoms with Crippen molar-refractivity contribution in [2.45, 2.75) is 47.0 Å². The van der Waals surface area contributed by atoms with Crippen molar-refractivity contribution in [2.24, 2.45) is 0 Å². The lowest BCUT2D eigenvalue weighted by Gasteiger charge is -2.17. The highest BCUT2D eigenvalue weighted by Gasteiger charge is 2.13. The minimum Gasteiger partial charge on any atom is -0.384 e. The zero-order valence-corrected chi connectivity index (χ0v) is 14.4. The predicted octanol–water partition coefficient (Wildman–Crippen LogP) is 5.25. The van der Waals surface area contributed by atoms with Crippen LogP contribution >= 0.6 is 15.9 Å². The first-order chi connectivity index (χ1) is 9.62. The van der Waals surface area contributed by atoms with E-state index in [0.717, 1.165) is 35.8 Å². The molecule has 0 unspecified atom stereocenters. The number of halogens is 1. The molecule has 0 spiro atoms. The van der Waals surface area contributed by atoms with Gasteiger partial charge in [-0.15, -0.1) is 0 Å². The van der Waals surface area contributed by atoms with E-state index < -0.39 is 0 Å². The van der Waals surface area contributed by atoms with Gasteiger partial charge in [-0.05, 0) is 49.4 Å². The zero-order valence-electron chi connectivity index (χ0n) is 12.8. The van der Waals surface area contributed by atoms with Gasteiger partial charge < -0.3 is 5.32 Å². The Hall–Kier alpha value is -1.09. The minimum atomic E-state index is 0.974. The van der Waals surface area contributed by atoms with Crippen molar-refractivity contribution >= 4 is 32.5 Å². The van der Waals surface area contributed by atoms with Crippen LogP contribution in [0.25, 0.3) is 10.9 Å². The normalized spacial score (nSPS) is 11.1. The van der Waals surface area contributed by atoms with Gasteiger partial charge in [-0.2, -0.15) is 0 Å². The van der Waals surface area contributed by atoms with Crippen LogP contribution in [0.3, 0.4) is 0 Å². The number of benzene rings is 1. The summed E-state index contributed by atoms with van der Waals surface area (Å²) in [5, 5.41) is 4.83. The number of anilines is 1. The largest absolute Gasteiger partial charge is 0.384 e. The van der Waals surface area contributed by atoms with E-state index in [9.17, 15) is 0 Å². The number of nitrogens with one attached hydrogen (secondary N) is 1. The van der Waals surface area contributed by atoms with Gasteiger partial charge in [-0.3, -0.25) is 4.98 Å². The topological polar surface area (TPSA) is 24.9 Å². The summed E-state index contributed by atoms with van der Waals surface area (Å²) < 4.78 is 1.13. The summed E-state index contributed by atoms with van der Waals surface area (Å²) in [5.74, 6) is 0. The number of nitrogens with zero attached hydrogens (tertiary/aromatic N) is 1. The molecule has 2 aromatic rings. The van der Waals surface area contributed by atoms with Crippen molar-refractivity contribution in [3.05, 3.63) is 33.4 Å². The molecule has 0 aliphatic heterocycles. The van der Waals surface area contributed by atoms with Gasteiger partial charge in [-0.1, -0.05) is 36.7 Å². The fourth-order valence-corrected chi connectivity index (χ4v) is 3.14. The van der Waals surface area contributed by atoms with Gasteiger partial charge in [0.1, 0.15) is 0 Å². The molecule has 3 heteroatoms. The fourth-order valence-electron chi connectivity index (χ4n) is 2.63. The summed E-state index contributed by atoms with van der Waals surface area (Å²) in [6.45, 7) is 9.73. The molecule has 0 radical (unpaired) electrons. The predicted molar refractivity (Wildman–Crippen MR) is 91.7 cm³/mol. The number of hydrogen-bond acceptors (Lipinski definition) is 2. The molecule has 0 aliphatic rings. The molecule has 2 nitrogen and oxygen atoms in total. The summed E-state index contributed by atoms with van der Waals surface area (Å²) >= 11 is 3.63. The number of aryl methyl sites for hydroxylation is 2. The lowest BCUT2D eigenvalue weighted by Crippen LogP contribution is -2.07. The molecule has 0 amide bonds. The maximum absolute atomic E-state index is 4.91. The van der Waals surface area contributed by atoms with E-state index in [1.165, 1.54) is 27.9 Å². The Morgan fingerprint density at radius 3 is 2.50 bits per heavy atom. The maximum Gasteiger partial charge on any atom is 0.0758 e. The Kier molecular flexibility index (Phi) is 5.03. The number of pyridine rings is 1. The standard InChI is InChI=1S/C17H23BrN2/c1-5-8-19-16-11(4)15(7-3)20-17-12(6-2)9-13(18)10-14(16)17/h9-10H,5-8H2,1-4H3,(H,19,20). The van der Waals surface area contributed by atoms with E-state index in [1.807, 2.05) is 0 Å². The van der Waals surface area contributed by atoms with Gasteiger partial charge in [0.25, 0.3) is 0 Å². The monoisotopic (exact) mass is 334 g/mol.